The summed E-state index contributed by atoms with van der Waals surface area (Å²) in [7, 11) is 0. The highest BCUT2D eigenvalue weighted by molar-refractivity contribution is 9.10. The van der Waals surface area contributed by atoms with Crippen molar-refractivity contribution >= 4 is 27.5 Å². The highest BCUT2D eigenvalue weighted by atomic mass is 79.9. The van der Waals surface area contributed by atoms with Crippen molar-refractivity contribution in [2.24, 2.45) is 0 Å². The second-order valence-corrected chi connectivity index (χ2v) is 8.78. The van der Waals surface area contributed by atoms with Crippen molar-refractivity contribution in [3.63, 3.8) is 0 Å². The molecule has 1 atom stereocenters. The lowest BCUT2D eigenvalue weighted by Gasteiger charge is -2.44. The second-order valence-electron chi connectivity index (χ2n) is 7.87. The van der Waals surface area contributed by atoms with Crippen molar-refractivity contribution in [2.45, 2.75) is 25.8 Å². The van der Waals surface area contributed by atoms with Crippen LogP contribution in [0.5, 0.6) is 0 Å². The number of likely N-dealkylation sites (tertiary alicyclic amines) is 1. The Labute approximate surface area is 176 Å². The van der Waals surface area contributed by atoms with Gasteiger partial charge in [0.1, 0.15) is 0 Å². The van der Waals surface area contributed by atoms with Crippen LogP contribution in [-0.2, 0) is 0 Å². The molecule has 2 heterocycles. The van der Waals surface area contributed by atoms with E-state index in [9.17, 15) is 4.79 Å². The van der Waals surface area contributed by atoms with Crippen LogP contribution in [0.1, 0.15) is 28.8 Å². The van der Waals surface area contributed by atoms with E-state index in [1.165, 1.54) is 17.7 Å². The van der Waals surface area contributed by atoms with Gasteiger partial charge in [-0.05, 0) is 49.6 Å². The van der Waals surface area contributed by atoms with Gasteiger partial charge < -0.3 is 9.80 Å². The Morgan fingerprint density at radius 1 is 1.00 bits per heavy atom. The molecule has 0 saturated carbocycles. The predicted octanol–water partition coefficient (Wildman–Crippen LogP) is 4.18. The molecule has 0 aromatic heterocycles. The summed E-state index contributed by atoms with van der Waals surface area (Å²) in [6.45, 7) is 8.15. The molecule has 5 heteroatoms. The number of aryl methyl sites for hydroxylation is 1. The van der Waals surface area contributed by atoms with Gasteiger partial charge in [-0.2, -0.15) is 0 Å². The molecule has 0 radical (unpaired) electrons. The molecule has 2 saturated heterocycles. The smallest absolute Gasteiger partial charge is 0.253 e. The van der Waals surface area contributed by atoms with E-state index in [4.69, 9.17) is 0 Å². The van der Waals surface area contributed by atoms with Crippen molar-refractivity contribution < 1.29 is 4.79 Å². The average molecular weight is 442 g/mol. The maximum Gasteiger partial charge on any atom is 0.253 e. The van der Waals surface area contributed by atoms with E-state index in [0.29, 0.717) is 6.04 Å². The highest BCUT2D eigenvalue weighted by Gasteiger charge is 2.30. The summed E-state index contributed by atoms with van der Waals surface area (Å²) < 4.78 is 0.958. The molecule has 2 aliphatic rings. The molecule has 0 spiro atoms. The zero-order valence-corrected chi connectivity index (χ0v) is 18.1. The third-order valence-corrected chi connectivity index (χ3v) is 6.54. The molecule has 28 heavy (non-hydrogen) atoms. The lowest BCUT2D eigenvalue weighted by atomic mass is 10.0. The lowest BCUT2D eigenvalue weighted by molar-refractivity contribution is 0.0563. The third-order valence-electron chi connectivity index (χ3n) is 6.04. The van der Waals surface area contributed by atoms with Gasteiger partial charge in [-0.1, -0.05) is 40.2 Å². The Balaban J connectivity index is 1.37. The number of hydrogen-bond donors (Lipinski definition) is 0. The van der Waals surface area contributed by atoms with Gasteiger partial charge >= 0.3 is 0 Å². The number of anilines is 1. The molecule has 4 rings (SSSR count). The molecule has 2 aliphatic heterocycles. The minimum absolute atomic E-state index is 0.157. The maximum absolute atomic E-state index is 12.9. The molecule has 2 aromatic carbocycles. The molecular formula is C23H28BrN3O. The number of amides is 1. The quantitative estimate of drug-likeness (QED) is 0.714. The van der Waals surface area contributed by atoms with E-state index in [-0.39, 0.29) is 5.91 Å². The van der Waals surface area contributed by atoms with E-state index in [1.54, 1.807) is 0 Å². The molecule has 1 amide bonds. The van der Waals surface area contributed by atoms with E-state index in [2.05, 4.69) is 56.9 Å². The molecule has 0 N–H and O–H groups in total. The number of carbonyl (C=O) groups is 1. The summed E-state index contributed by atoms with van der Waals surface area (Å²) >= 11 is 3.48. The lowest BCUT2D eigenvalue weighted by Crippen LogP contribution is -2.56. The normalized spacial score (nSPS) is 21.0. The van der Waals surface area contributed by atoms with Crippen molar-refractivity contribution in [1.29, 1.82) is 0 Å². The van der Waals surface area contributed by atoms with Gasteiger partial charge in [-0.25, -0.2) is 0 Å². The Bertz CT molecular complexity index is 832. The van der Waals surface area contributed by atoms with Crippen molar-refractivity contribution in [3.05, 3.63) is 64.1 Å². The van der Waals surface area contributed by atoms with Crippen LogP contribution >= 0.6 is 15.9 Å². The molecule has 2 fully saturated rings. The van der Waals surface area contributed by atoms with Crippen LogP contribution < -0.4 is 4.90 Å². The molecule has 148 valence electrons. The van der Waals surface area contributed by atoms with Gasteiger partial charge in [0.05, 0.1) is 0 Å². The zero-order valence-electron chi connectivity index (χ0n) is 16.5. The predicted molar refractivity (Wildman–Crippen MR) is 118 cm³/mol. The number of para-hydroxylation sites is 1. The number of hydrogen-bond acceptors (Lipinski definition) is 3. The minimum atomic E-state index is 0.157. The first-order chi connectivity index (χ1) is 13.6. The van der Waals surface area contributed by atoms with Crippen LogP contribution in [0.2, 0.25) is 0 Å². The minimum Gasteiger partial charge on any atom is -0.369 e. The molecule has 0 unspecified atom stereocenters. The summed E-state index contributed by atoms with van der Waals surface area (Å²) in [6.07, 6.45) is 2.27. The van der Waals surface area contributed by atoms with E-state index < -0.39 is 0 Å². The fraction of sp³-hybridized carbons (Fsp3) is 0.435. The van der Waals surface area contributed by atoms with Crippen LogP contribution in [-0.4, -0.2) is 61.0 Å². The van der Waals surface area contributed by atoms with E-state index in [0.717, 1.165) is 55.7 Å². The largest absolute Gasteiger partial charge is 0.369 e. The zero-order chi connectivity index (χ0) is 19.5. The Morgan fingerprint density at radius 2 is 1.79 bits per heavy atom. The average Bonchev–Trinajstić information content (AvgIpc) is 2.74. The molecule has 2 aromatic rings. The fourth-order valence-electron chi connectivity index (χ4n) is 4.49. The number of piperidine rings is 1. The number of rotatable bonds is 3. The monoisotopic (exact) mass is 441 g/mol. The van der Waals surface area contributed by atoms with Crippen molar-refractivity contribution in [1.82, 2.24) is 9.80 Å². The summed E-state index contributed by atoms with van der Waals surface area (Å²) in [5.41, 5.74) is 3.48. The van der Waals surface area contributed by atoms with Gasteiger partial charge in [-0.3, -0.25) is 9.69 Å². The van der Waals surface area contributed by atoms with Crippen LogP contribution in [0.3, 0.4) is 0 Å². The fourth-order valence-corrected chi connectivity index (χ4v) is 4.89. The number of piperazine rings is 1. The SMILES string of the molecule is Cc1ccccc1N1CCN([C@@H]2CCCN(C(=O)c3cccc(Br)c3)C2)CC1. The van der Waals surface area contributed by atoms with Crippen LogP contribution in [0.25, 0.3) is 0 Å². The first-order valence-corrected chi connectivity index (χ1v) is 11.0. The third kappa shape index (κ3) is 4.26. The van der Waals surface area contributed by atoms with Crippen LogP contribution in [0, 0.1) is 6.92 Å². The summed E-state index contributed by atoms with van der Waals surface area (Å²) in [6, 6.07) is 16.9. The van der Waals surface area contributed by atoms with Gasteiger partial charge in [0, 0.05) is 61.0 Å². The van der Waals surface area contributed by atoms with E-state index in [1.807, 2.05) is 29.2 Å². The number of carbonyl (C=O) groups excluding carboxylic acids is 1. The first-order valence-electron chi connectivity index (χ1n) is 10.2. The molecule has 0 aliphatic carbocycles. The van der Waals surface area contributed by atoms with Crippen LogP contribution in [0.4, 0.5) is 5.69 Å². The summed E-state index contributed by atoms with van der Waals surface area (Å²) in [5, 5.41) is 0. The van der Waals surface area contributed by atoms with Gasteiger partial charge in [0.2, 0.25) is 0 Å². The van der Waals surface area contributed by atoms with Crippen LogP contribution in [0.15, 0.2) is 53.0 Å². The summed E-state index contributed by atoms with van der Waals surface area (Å²) in [4.78, 5) is 20.1. The number of halogens is 1. The standard InChI is InChI=1S/C23H28BrN3O/c1-18-6-2-3-10-22(18)26-14-12-25(13-15-26)21-9-5-11-27(17-21)23(28)19-7-4-8-20(24)16-19/h2-4,6-8,10,16,21H,5,9,11-15,17H2,1H3/t21-/m1/s1. The van der Waals surface area contributed by atoms with E-state index >= 15 is 0 Å². The molecule has 0 bridgehead atoms. The Hall–Kier alpha value is -1.85. The van der Waals surface area contributed by atoms with Gasteiger partial charge in [0.15, 0.2) is 0 Å². The molecular weight excluding hydrogens is 414 g/mol. The van der Waals surface area contributed by atoms with Crippen molar-refractivity contribution in [3.8, 4) is 0 Å². The number of nitrogens with zero attached hydrogens (tertiary/aromatic N) is 3. The Kier molecular flexibility index (Phi) is 6.02. The highest BCUT2D eigenvalue weighted by Crippen LogP contribution is 2.24. The first kappa shape index (κ1) is 19.5. The van der Waals surface area contributed by atoms with Gasteiger partial charge in [0.25, 0.3) is 5.91 Å². The summed E-state index contributed by atoms with van der Waals surface area (Å²) in [5.74, 6) is 0.157. The topological polar surface area (TPSA) is 26.8 Å². The van der Waals surface area contributed by atoms with Gasteiger partial charge in [-0.15, -0.1) is 0 Å². The maximum atomic E-state index is 12.9. The Morgan fingerprint density at radius 3 is 2.54 bits per heavy atom. The molecule has 4 nitrogen and oxygen atoms in total. The van der Waals surface area contributed by atoms with Crippen molar-refractivity contribution in [2.75, 3.05) is 44.2 Å². The number of benzene rings is 2. The second kappa shape index (κ2) is 8.66.